The number of nitrogens with one attached hydrogen (secondary N) is 1. The first-order valence-corrected chi connectivity index (χ1v) is 13.1. The Morgan fingerprint density at radius 3 is 2.33 bits per heavy atom. The van der Waals surface area contributed by atoms with Crippen LogP contribution in [0.3, 0.4) is 0 Å². The van der Waals surface area contributed by atoms with Crippen molar-refractivity contribution in [2.75, 3.05) is 0 Å². The standard InChI is InChI=1S/C34H27N3O3/c1-22(24-13-15-27(16-14-24)34(39)40)36-33(38)30-19-29(25-7-3-2-4-8-25)20-37-21-35-31(32(30)37)18-23-11-12-26-9-5-6-10-28(26)17-23/h2-17,19-22H,18H2,1H3,(H,36,38)(H,39,40)/t22-/m0/s1. The predicted octanol–water partition coefficient (Wildman–Crippen LogP) is 6.93. The van der Waals surface area contributed by atoms with Crippen molar-refractivity contribution in [1.82, 2.24) is 14.7 Å². The summed E-state index contributed by atoms with van der Waals surface area (Å²) in [5.41, 5.74) is 6.16. The Morgan fingerprint density at radius 1 is 0.850 bits per heavy atom. The van der Waals surface area contributed by atoms with E-state index in [4.69, 9.17) is 4.98 Å². The highest BCUT2D eigenvalue weighted by molar-refractivity contribution is 6.03. The Balaban J connectivity index is 1.39. The van der Waals surface area contributed by atoms with E-state index in [1.54, 1.807) is 30.6 Å². The van der Waals surface area contributed by atoms with Crippen molar-refractivity contribution >= 4 is 28.2 Å². The van der Waals surface area contributed by atoms with Gasteiger partial charge in [0.25, 0.3) is 5.91 Å². The van der Waals surface area contributed by atoms with E-state index in [1.165, 1.54) is 5.39 Å². The van der Waals surface area contributed by atoms with E-state index in [0.29, 0.717) is 12.0 Å². The van der Waals surface area contributed by atoms with Crippen LogP contribution in [0, 0.1) is 0 Å². The van der Waals surface area contributed by atoms with Crippen molar-refractivity contribution in [3.8, 4) is 11.1 Å². The Kier molecular flexibility index (Phi) is 6.58. The zero-order chi connectivity index (χ0) is 27.6. The van der Waals surface area contributed by atoms with E-state index in [2.05, 4.69) is 35.6 Å². The van der Waals surface area contributed by atoms with Crippen LogP contribution in [0.2, 0.25) is 0 Å². The third-order valence-electron chi connectivity index (χ3n) is 7.25. The second kappa shape index (κ2) is 10.5. The first-order valence-electron chi connectivity index (χ1n) is 13.1. The fourth-order valence-corrected chi connectivity index (χ4v) is 5.11. The lowest BCUT2D eigenvalue weighted by atomic mass is 10.00. The predicted molar refractivity (Wildman–Crippen MR) is 157 cm³/mol. The van der Waals surface area contributed by atoms with Gasteiger partial charge in [-0.3, -0.25) is 4.79 Å². The van der Waals surface area contributed by atoms with Crippen LogP contribution in [0.1, 0.15) is 50.5 Å². The van der Waals surface area contributed by atoms with E-state index in [-0.39, 0.29) is 17.5 Å². The van der Waals surface area contributed by atoms with Crippen molar-refractivity contribution in [2.45, 2.75) is 19.4 Å². The first kappa shape index (κ1) is 25.1. The number of aromatic nitrogens is 2. The van der Waals surface area contributed by atoms with Gasteiger partial charge in [0.15, 0.2) is 0 Å². The van der Waals surface area contributed by atoms with Crippen molar-refractivity contribution in [2.24, 2.45) is 0 Å². The average Bonchev–Trinajstić information content (AvgIpc) is 3.39. The van der Waals surface area contributed by atoms with Crippen LogP contribution in [-0.4, -0.2) is 26.4 Å². The zero-order valence-electron chi connectivity index (χ0n) is 21.9. The molecule has 1 amide bonds. The molecule has 4 aromatic carbocycles. The Labute approximate surface area is 231 Å². The molecule has 40 heavy (non-hydrogen) atoms. The minimum Gasteiger partial charge on any atom is -0.478 e. The smallest absolute Gasteiger partial charge is 0.335 e. The summed E-state index contributed by atoms with van der Waals surface area (Å²) in [5.74, 6) is -1.21. The largest absolute Gasteiger partial charge is 0.478 e. The van der Waals surface area contributed by atoms with Gasteiger partial charge in [-0.2, -0.15) is 0 Å². The maximum atomic E-state index is 13.8. The summed E-state index contributed by atoms with van der Waals surface area (Å²) in [7, 11) is 0. The molecule has 0 aliphatic rings. The van der Waals surface area contributed by atoms with Crippen LogP contribution in [0.4, 0.5) is 0 Å². The van der Waals surface area contributed by atoms with Gasteiger partial charge in [-0.15, -0.1) is 0 Å². The maximum absolute atomic E-state index is 13.8. The fourth-order valence-electron chi connectivity index (χ4n) is 5.11. The lowest BCUT2D eigenvalue weighted by molar-refractivity contribution is 0.0696. The lowest BCUT2D eigenvalue weighted by Gasteiger charge is -2.16. The van der Waals surface area contributed by atoms with E-state index in [9.17, 15) is 14.7 Å². The topological polar surface area (TPSA) is 83.7 Å². The molecule has 6 nitrogen and oxygen atoms in total. The van der Waals surface area contributed by atoms with Gasteiger partial charge >= 0.3 is 5.97 Å². The lowest BCUT2D eigenvalue weighted by Crippen LogP contribution is -2.27. The van der Waals surface area contributed by atoms with E-state index >= 15 is 0 Å². The third-order valence-corrected chi connectivity index (χ3v) is 7.25. The summed E-state index contributed by atoms with van der Waals surface area (Å²) < 4.78 is 1.93. The van der Waals surface area contributed by atoms with Gasteiger partial charge in [-0.05, 0) is 58.1 Å². The molecule has 2 N–H and O–H groups in total. The van der Waals surface area contributed by atoms with Gasteiger partial charge in [0, 0.05) is 12.6 Å². The minimum atomic E-state index is -0.983. The Bertz CT molecular complexity index is 1860. The molecule has 0 bridgehead atoms. The van der Waals surface area contributed by atoms with Gasteiger partial charge in [0.2, 0.25) is 0 Å². The molecule has 2 aromatic heterocycles. The molecule has 0 fully saturated rings. The van der Waals surface area contributed by atoms with Crippen LogP contribution in [0.25, 0.3) is 27.4 Å². The SMILES string of the molecule is C[C@H](NC(=O)c1cc(-c2ccccc2)cn2cnc(Cc3ccc4ccccc4c3)c12)c1ccc(C(=O)O)cc1. The second-order valence-corrected chi connectivity index (χ2v) is 9.94. The van der Waals surface area contributed by atoms with Crippen molar-refractivity contribution in [3.05, 3.63) is 144 Å². The number of carbonyl (C=O) groups is 2. The normalized spacial score (nSPS) is 11.9. The summed E-state index contributed by atoms with van der Waals surface area (Å²) in [6, 6.07) is 32.7. The van der Waals surface area contributed by atoms with Crippen molar-refractivity contribution in [1.29, 1.82) is 0 Å². The van der Waals surface area contributed by atoms with Gasteiger partial charge in [0.1, 0.15) is 0 Å². The Morgan fingerprint density at radius 2 is 1.57 bits per heavy atom. The maximum Gasteiger partial charge on any atom is 0.335 e. The highest BCUT2D eigenvalue weighted by atomic mass is 16.4. The molecular weight excluding hydrogens is 498 g/mol. The monoisotopic (exact) mass is 525 g/mol. The van der Waals surface area contributed by atoms with Crippen molar-refractivity contribution < 1.29 is 14.7 Å². The molecule has 1 atom stereocenters. The molecule has 2 heterocycles. The van der Waals surface area contributed by atoms with Crippen LogP contribution in [0.5, 0.6) is 0 Å². The molecule has 6 aromatic rings. The molecule has 0 saturated heterocycles. The van der Waals surface area contributed by atoms with Crippen LogP contribution < -0.4 is 5.32 Å². The summed E-state index contributed by atoms with van der Waals surface area (Å²) in [4.78, 5) is 29.8. The average molecular weight is 526 g/mol. The van der Waals surface area contributed by atoms with E-state index in [0.717, 1.165) is 38.9 Å². The third kappa shape index (κ3) is 4.95. The summed E-state index contributed by atoms with van der Waals surface area (Å²) in [5, 5.41) is 14.7. The Hall–Kier alpha value is -5.23. The minimum absolute atomic E-state index is 0.206. The molecule has 0 radical (unpaired) electrons. The summed E-state index contributed by atoms with van der Waals surface area (Å²) in [6.45, 7) is 1.89. The van der Waals surface area contributed by atoms with Gasteiger partial charge in [-0.25, -0.2) is 9.78 Å². The number of carboxylic acids is 1. The molecule has 0 aliphatic carbocycles. The number of imidazole rings is 1. The van der Waals surface area contributed by atoms with Crippen LogP contribution in [-0.2, 0) is 6.42 Å². The fraction of sp³-hybridized carbons (Fsp3) is 0.0882. The van der Waals surface area contributed by atoms with Gasteiger partial charge in [-0.1, -0.05) is 84.9 Å². The molecule has 0 unspecified atom stereocenters. The number of carbonyl (C=O) groups excluding carboxylic acids is 1. The van der Waals surface area contributed by atoms with E-state index in [1.807, 2.05) is 66.1 Å². The molecule has 6 rings (SSSR count). The number of rotatable bonds is 7. The zero-order valence-corrected chi connectivity index (χ0v) is 21.9. The quantitative estimate of drug-likeness (QED) is 0.237. The number of hydrogen-bond donors (Lipinski definition) is 2. The summed E-state index contributed by atoms with van der Waals surface area (Å²) >= 11 is 0. The number of fused-ring (bicyclic) bond motifs is 2. The number of nitrogens with zero attached hydrogens (tertiary/aromatic N) is 2. The second-order valence-electron chi connectivity index (χ2n) is 9.94. The van der Waals surface area contributed by atoms with Gasteiger partial charge in [0.05, 0.1) is 34.7 Å². The molecule has 0 saturated carbocycles. The number of pyridine rings is 1. The summed E-state index contributed by atoms with van der Waals surface area (Å²) in [6.07, 6.45) is 4.36. The van der Waals surface area contributed by atoms with Crippen LogP contribution >= 0.6 is 0 Å². The number of amides is 1. The number of benzene rings is 4. The molecule has 0 aliphatic heterocycles. The van der Waals surface area contributed by atoms with Crippen molar-refractivity contribution in [3.63, 3.8) is 0 Å². The molecule has 196 valence electrons. The number of aromatic carboxylic acids is 1. The first-order chi connectivity index (χ1) is 19.5. The van der Waals surface area contributed by atoms with Crippen LogP contribution in [0.15, 0.2) is 116 Å². The number of hydrogen-bond acceptors (Lipinski definition) is 3. The molecular formula is C34H27N3O3. The van der Waals surface area contributed by atoms with E-state index < -0.39 is 5.97 Å². The molecule has 0 spiro atoms. The molecule has 6 heteroatoms. The number of carboxylic acid groups (broad SMARTS) is 1. The highest BCUT2D eigenvalue weighted by Crippen LogP contribution is 2.28. The van der Waals surface area contributed by atoms with Gasteiger partial charge < -0.3 is 14.8 Å². The highest BCUT2D eigenvalue weighted by Gasteiger charge is 2.20.